The monoisotopic (exact) mass is 454 g/mol. The van der Waals surface area contributed by atoms with Crippen molar-refractivity contribution in [3.63, 3.8) is 0 Å². The molecule has 6 N–H and O–H groups in total. The molecule has 1 heterocycles. The first-order chi connectivity index (χ1) is 15.8. The van der Waals surface area contributed by atoms with Crippen LogP contribution in [0.2, 0.25) is 0 Å². The van der Waals surface area contributed by atoms with Gasteiger partial charge in [-0.15, -0.1) is 0 Å². The number of carbonyl (C=O) groups is 3. The number of nitrogens with zero attached hydrogens (tertiary/aromatic N) is 2. The van der Waals surface area contributed by atoms with Crippen LogP contribution in [-0.4, -0.2) is 46.4 Å². The summed E-state index contributed by atoms with van der Waals surface area (Å²) in [7, 11) is 0. The van der Waals surface area contributed by atoms with Crippen molar-refractivity contribution in [2.75, 3.05) is 6.54 Å². The fourth-order valence-corrected chi connectivity index (χ4v) is 2.83. The molecule has 0 fully saturated rings. The number of pyridine rings is 1. The van der Waals surface area contributed by atoms with Crippen molar-refractivity contribution in [1.29, 1.82) is 0 Å². The fourth-order valence-electron chi connectivity index (χ4n) is 2.83. The summed E-state index contributed by atoms with van der Waals surface area (Å²) in [5.74, 6) is -1.92. The molecule has 176 valence electrons. The zero-order valence-electron chi connectivity index (χ0n) is 18.7. The van der Waals surface area contributed by atoms with Gasteiger partial charge in [0.05, 0.1) is 12.2 Å². The topological polar surface area (TPSA) is 159 Å². The molecular weight excluding hydrogens is 424 g/mol. The summed E-state index contributed by atoms with van der Waals surface area (Å²) in [6, 6.07) is 13.4. The second kappa shape index (κ2) is 12.8. The van der Waals surface area contributed by atoms with Crippen LogP contribution in [-0.2, 0) is 22.7 Å². The molecule has 2 amide bonds. The number of nitrogens with two attached hydrogens (primary N) is 1. The molecule has 33 heavy (non-hydrogen) atoms. The minimum atomic E-state index is -1.10. The maximum atomic E-state index is 12.4. The van der Waals surface area contributed by atoms with Crippen LogP contribution in [0.4, 0.5) is 0 Å². The lowest BCUT2D eigenvalue weighted by atomic mass is 10.0. The number of rotatable bonds is 11. The van der Waals surface area contributed by atoms with Crippen LogP contribution in [0.3, 0.4) is 0 Å². The molecule has 1 aromatic heterocycles. The average Bonchev–Trinajstić information content (AvgIpc) is 2.80. The standard InChI is InChI=1S/C23H30N6O4/c1-15(2)20(22(32)33)29-21(31)18-10-6-9-17(28-18)14-27-23(24)25-12-11-19(30)26-13-16-7-4-3-5-8-16/h3-10,15,20H,11-14H2,1-2H3,(H,26,30)(H,29,31)(H,32,33)(H3,24,25,27)/t20-/m0/s1. The summed E-state index contributed by atoms with van der Waals surface area (Å²) in [6.07, 6.45) is 0.234. The number of aliphatic imine (C=N–C) groups is 1. The van der Waals surface area contributed by atoms with E-state index in [1.54, 1.807) is 26.0 Å². The van der Waals surface area contributed by atoms with Gasteiger partial charge in [0.15, 0.2) is 5.96 Å². The van der Waals surface area contributed by atoms with Crippen LogP contribution in [0.15, 0.2) is 53.5 Å². The molecule has 10 nitrogen and oxygen atoms in total. The molecule has 0 aliphatic rings. The third-order valence-electron chi connectivity index (χ3n) is 4.66. The Labute approximate surface area is 192 Å². The highest BCUT2D eigenvalue weighted by Crippen LogP contribution is 2.06. The van der Waals surface area contributed by atoms with Gasteiger partial charge in [0.25, 0.3) is 5.91 Å². The molecule has 0 aliphatic heterocycles. The summed E-state index contributed by atoms with van der Waals surface area (Å²) in [4.78, 5) is 43.9. The average molecular weight is 455 g/mol. The number of hydrogen-bond acceptors (Lipinski definition) is 5. The van der Waals surface area contributed by atoms with Gasteiger partial charge < -0.3 is 26.8 Å². The van der Waals surface area contributed by atoms with E-state index in [-0.39, 0.29) is 36.4 Å². The number of carboxylic acids is 1. The number of carbonyl (C=O) groups excluding carboxylic acids is 2. The van der Waals surface area contributed by atoms with Crippen molar-refractivity contribution in [1.82, 2.24) is 20.9 Å². The Kier molecular flexibility index (Phi) is 9.81. The van der Waals surface area contributed by atoms with Crippen LogP contribution in [0, 0.1) is 5.92 Å². The maximum absolute atomic E-state index is 12.4. The Morgan fingerprint density at radius 1 is 1.06 bits per heavy atom. The van der Waals surface area contributed by atoms with E-state index in [0.717, 1.165) is 5.56 Å². The van der Waals surface area contributed by atoms with E-state index in [1.807, 2.05) is 30.3 Å². The van der Waals surface area contributed by atoms with Crippen LogP contribution >= 0.6 is 0 Å². The highest BCUT2D eigenvalue weighted by Gasteiger charge is 2.24. The number of aromatic nitrogens is 1. The van der Waals surface area contributed by atoms with Gasteiger partial charge in [-0.1, -0.05) is 50.2 Å². The minimum absolute atomic E-state index is 0.0937. The third kappa shape index (κ3) is 8.98. The SMILES string of the molecule is CC(C)[C@H](NC(=O)c1cccc(CN=C(N)NCCC(=O)NCc2ccccc2)n1)C(=O)O. The van der Waals surface area contributed by atoms with Crippen LogP contribution in [0.1, 0.15) is 42.0 Å². The molecule has 0 spiro atoms. The first kappa shape index (κ1) is 25.3. The highest BCUT2D eigenvalue weighted by molar-refractivity contribution is 5.95. The number of benzene rings is 1. The molecule has 2 rings (SSSR count). The highest BCUT2D eigenvalue weighted by atomic mass is 16.4. The van der Waals surface area contributed by atoms with Crippen molar-refractivity contribution in [3.8, 4) is 0 Å². The Bertz CT molecular complexity index is 978. The van der Waals surface area contributed by atoms with E-state index >= 15 is 0 Å². The largest absolute Gasteiger partial charge is 0.480 e. The number of aliphatic carboxylic acids is 1. The summed E-state index contributed by atoms with van der Waals surface area (Å²) < 4.78 is 0. The second-order valence-electron chi connectivity index (χ2n) is 7.69. The number of guanidine groups is 1. The van der Waals surface area contributed by atoms with E-state index in [0.29, 0.717) is 18.8 Å². The second-order valence-corrected chi connectivity index (χ2v) is 7.69. The lowest BCUT2D eigenvalue weighted by molar-refractivity contribution is -0.140. The lowest BCUT2D eigenvalue weighted by Crippen LogP contribution is -2.44. The molecule has 0 bridgehead atoms. The number of carboxylic acid groups (broad SMARTS) is 1. The number of amides is 2. The Morgan fingerprint density at radius 2 is 1.79 bits per heavy atom. The minimum Gasteiger partial charge on any atom is -0.480 e. The first-order valence-electron chi connectivity index (χ1n) is 10.6. The van der Waals surface area contributed by atoms with Gasteiger partial charge in [-0.3, -0.25) is 9.59 Å². The summed E-state index contributed by atoms with van der Waals surface area (Å²) >= 11 is 0. The van der Waals surface area contributed by atoms with Crippen LogP contribution in [0.5, 0.6) is 0 Å². The van der Waals surface area contributed by atoms with E-state index in [1.165, 1.54) is 6.07 Å². The quantitative estimate of drug-likeness (QED) is 0.250. The first-order valence-corrected chi connectivity index (χ1v) is 10.6. The van der Waals surface area contributed by atoms with Gasteiger partial charge in [-0.25, -0.2) is 14.8 Å². The lowest BCUT2D eigenvalue weighted by Gasteiger charge is -2.17. The van der Waals surface area contributed by atoms with E-state index in [2.05, 4.69) is 25.9 Å². The van der Waals surface area contributed by atoms with Crippen molar-refractivity contribution < 1.29 is 19.5 Å². The van der Waals surface area contributed by atoms with Gasteiger partial charge >= 0.3 is 5.97 Å². The predicted octanol–water partition coefficient (Wildman–Crippen LogP) is 1.03. The Hall–Kier alpha value is -3.95. The van der Waals surface area contributed by atoms with Crippen LogP contribution < -0.4 is 21.7 Å². The Morgan fingerprint density at radius 3 is 2.45 bits per heavy atom. The summed E-state index contributed by atoms with van der Waals surface area (Å²) in [5, 5.41) is 17.4. The molecule has 0 unspecified atom stereocenters. The molecular formula is C23H30N6O4. The molecule has 0 saturated heterocycles. The molecule has 0 aliphatic carbocycles. The van der Waals surface area contributed by atoms with E-state index in [4.69, 9.17) is 5.73 Å². The smallest absolute Gasteiger partial charge is 0.326 e. The van der Waals surface area contributed by atoms with Crippen molar-refractivity contribution >= 4 is 23.7 Å². The molecule has 0 radical (unpaired) electrons. The van der Waals surface area contributed by atoms with Crippen molar-refractivity contribution in [2.24, 2.45) is 16.6 Å². The van der Waals surface area contributed by atoms with E-state index in [9.17, 15) is 19.5 Å². The molecule has 10 heteroatoms. The zero-order chi connectivity index (χ0) is 24.2. The van der Waals surface area contributed by atoms with Crippen molar-refractivity contribution in [2.45, 2.75) is 39.4 Å². The van der Waals surface area contributed by atoms with Gasteiger partial charge in [0.1, 0.15) is 11.7 Å². The van der Waals surface area contributed by atoms with Crippen molar-refractivity contribution in [3.05, 3.63) is 65.5 Å². The van der Waals surface area contributed by atoms with Gasteiger partial charge in [0.2, 0.25) is 5.91 Å². The number of hydrogen-bond donors (Lipinski definition) is 5. The fraction of sp³-hybridized carbons (Fsp3) is 0.348. The van der Waals surface area contributed by atoms with Gasteiger partial charge in [-0.2, -0.15) is 0 Å². The van der Waals surface area contributed by atoms with E-state index < -0.39 is 17.9 Å². The zero-order valence-corrected chi connectivity index (χ0v) is 18.7. The normalized spacial score (nSPS) is 12.2. The molecule has 1 aromatic carbocycles. The summed E-state index contributed by atoms with van der Waals surface area (Å²) in [5.41, 5.74) is 7.44. The molecule has 1 atom stereocenters. The Balaban J connectivity index is 1.79. The third-order valence-corrected chi connectivity index (χ3v) is 4.66. The number of nitrogens with one attached hydrogen (secondary N) is 3. The van der Waals surface area contributed by atoms with Gasteiger partial charge in [0, 0.05) is 19.5 Å². The maximum Gasteiger partial charge on any atom is 0.326 e. The predicted molar refractivity (Wildman–Crippen MR) is 124 cm³/mol. The van der Waals surface area contributed by atoms with Crippen LogP contribution in [0.25, 0.3) is 0 Å². The molecule has 2 aromatic rings. The summed E-state index contributed by atoms with van der Waals surface area (Å²) in [6.45, 7) is 4.31. The van der Waals surface area contributed by atoms with Gasteiger partial charge in [-0.05, 0) is 23.6 Å². The molecule has 0 saturated carbocycles.